The number of hydrogen-bond acceptors (Lipinski definition) is 9. The van der Waals surface area contributed by atoms with Crippen molar-refractivity contribution in [2.24, 2.45) is 0 Å². The number of hydrogen-bond donors (Lipinski definition) is 1. The van der Waals surface area contributed by atoms with Crippen molar-refractivity contribution in [3.8, 4) is 17.2 Å². The first kappa shape index (κ1) is 33.7. The van der Waals surface area contributed by atoms with E-state index in [1.54, 1.807) is 66.7 Å². The van der Waals surface area contributed by atoms with E-state index in [0.717, 1.165) is 22.5 Å². The van der Waals surface area contributed by atoms with E-state index < -0.39 is 17.7 Å². The number of rotatable bonds is 11. The van der Waals surface area contributed by atoms with Crippen molar-refractivity contribution in [1.82, 2.24) is 10.2 Å². The van der Waals surface area contributed by atoms with Crippen LogP contribution in [0.3, 0.4) is 0 Å². The summed E-state index contributed by atoms with van der Waals surface area (Å²) >= 11 is 2.37. The van der Waals surface area contributed by atoms with Gasteiger partial charge in [-0.05, 0) is 83.8 Å². The molecule has 0 spiro atoms. The van der Waals surface area contributed by atoms with Crippen LogP contribution in [0.4, 0.5) is 9.52 Å². The lowest BCUT2D eigenvalue weighted by molar-refractivity contribution is -0.132. The predicted octanol–water partition coefficient (Wildman–Crippen LogP) is 9.28. The summed E-state index contributed by atoms with van der Waals surface area (Å²) < 4.78 is 26.8. The maximum atomic E-state index is 14.3. The predicted molar refractivity (Wildman–Crippen MR) is 196 cm³/mol. The fourth-order valence-corrected chi connectivity index (χ4v) is 7.48. The maximum Gasteiger partial charge on any atom is 0.301 e. The number of aromatic nitrogens is 2. The number of nitrogens with zero attached hydrogens (tertiary/aromatic N) is 3. The molecule has 1 aromatic heterocycles. The van der Waals surface area contributed by atoms with Crippen molar-refractivity contribution >= 4 is 45.7 Å². The Morgan fingerprint density at radius 2 is 1.53 bits per heavy atom. The second-order valence-electron chi connectivity index (χ2n) is 11.6. The molecule has 1 atom stereocenters. The van der Waals surface area contributed by atoms with E-state index in [9.17, 15) is 19.1 Å². The molecule has 0 aliphatic carbocycles. The third-order valence-electron chi connectivity index (χ3n) is 8.29. The summed E-state index contributed by atoms with van der Waals surface area (Å²) in [5, 5.41) is 20.4. The van der Waals surface area contributed by atoms with E-state index in [0.29, 0.717) is 50.6 Å². The molecule has 0 radical (unpaired) electrons. The van der Waals surface area contributed by atoms with Gasteiger partial charge < -0.3 is 14.6 Å². The Balaban J connectivity index is 1.22. The molecular formula is C40H30FN3O5S2. The van der Waals surface area contributed by atoms with Gasteiger partial charge in [0.15, 0.2) is 4.34 Å². The summed E-state index contributed by atoms with van der Waals surface area (Å²) in [7, 11) is 0. The van der Waals surface area contributed by atoms with Gasteiger partial charge in [0.2, 0.25) is 5.13 Å². The average molecular weight is 716 g/mol. The number of aliphatic hydroxyl groups excluding tert-OH is 1. The Labute approximate surface area is 301 Å². The number of para-hydroxylation sites is 1. The summed E-state index contributed by atoms with van der Waals surface area (Å²) in [4.78, 5) is 28.9. The molecule has 5 aromatic carbocycles. The second kappa shape index (κ2) is 15.0. The summed E-state index contributed by atoms with van der Waals surface area (Å²) in [5.41, 5.74) is 3.40. The average Bonchev–Trinajstić information content (AvgIpc) is 3.72. The second-order valence-corrected chi connectivity index (χ2v) is 13.8. The number of ketones is 1. The molecule has 8 nitrogen and oxygen atoms in total. The minimum absolute atomic E-state index is 0.110. The standard InChI is InChI=1S/C40H30FN3O5S2/c1-25-10-5-6-11-28(25)23-48-30-20-18-26(19-21-30)36(45)34-35(27-13-9-16-32(22-27)49-31-14-3-2-4-15-31)44(38(47)37(34)46)39-42-43-40(51-39)50-24-29-12-7-8-17-33(29)41/h2-22,35,45H,23-24H2,1H3/b36-34+. The van der Waals surface area contributed by atoms with Gasteiger partial charge in [0.05, 0.1) is 11.6 Å². The Bertz CT molecular complexity index is 2240. The lowest BCUT2D eigenvalue weighted by atomic mass is 9.95. The summed E-state index contributed by atoms with van der Waals surface area (Å²) in [6.45, 7) is 2.38. The molecule has 254 valence electrons. The van der Waals surface area contributed by atoms with E-state index in [1.807, 2.05) is 61.5 Å². The Hall–Kier alpha value is -5.78. The number of carbonyl (C=O) groups is 2. The van der Waals surface area contributed by atoms with Crippen molar-refractivity contribution in [3.05, 3.63) is 167 Å². The number of thioether (sulfide) groups is 1. The molecule has 1 unspecified atom stereocenters. The zero-order valence-electron chi connectivity index (χ0n) is 27.2. The molecule has 1 saturated heterocycles. The third-order valence-corrected chi connectivity index (χ3v) is 10.4. The van der Waals surface area contributed by atoms with Gasteiger partial charge in [0, 0.05) is 11.3 Å². The highest BCUT2D eigenvalue weighted by Crippen LogP contribution is 2.45. The largest absolute Gasteiger partial charge is 0.507 e. The fraction of sp³-hybridized carbons (Fsp3) is 0.100. The highest BCUT2D eigenvalue weighted by Gasteiger charge is 2.48. The molecule has 0 bridgehead atoms. The smallest absolute Gasteiger partial charge is 0.301 e. The Morgan fingerprint density at radius 3 is 2.29 bits per heavy atom. The van der Waals surface area contributed by atoms with Gasteiger partial charge in [-0.1, -0.05) is 95.9 Å². The monoisotopic (exact) mass is 715 g/mol. The number of ether oxygens (including phenoxy) is 2. The van der Waals surface area contributed by atoms with E-state index in [1.165, 1.54) is 22.7 Å². The van der Waals surface area contributed by atoms with Crippen LogP contribution in [-0.4, -0.2) is 27.0 Å². The number of halogens is 1. The lowest BCUT2D eigenvalue weighted by Gasteiger charge is -2.23. The zero-order valence-corrected chi connectivity index (χ0v) is 28.9. The van der Waals surface area contributed by atoms with Crippen LogP contribution in [0, 0.1) is 12.7 Å². The first-order chi connectivity index (χ1) is 24.9. The van der Waals surface area contributed by atoms with E-state index in [-0.39, 0.29) is 22.3 Å². The van der Waals surface area contributed by atoms with Gasteiger partial charge in [-0.3, -0.25) is 14.5 Å². The molecule has 11 heteroatoms. The highest BCUT2D eigenvalue weighted by molar-refractivity contribution is 8.00. The molecule has 51 heavy (non-hydrogen) atoms. The van der Waals surface area contributed by atoms with Crippen molar-refractivity contribution in [3.63, 3.8) is 0 Å². The molecule has 1 amide bonds. The number of aliphatic hydroxyl groups is 1. The van der Waals surface area contributed by atoms with Gasteiger partial charge in [-0.15, -0.1) is 10.2 Å². The highest BCUT2D eigenvalue weighted by atomic mass is 32.2. The van der Waals surface area contributed by atoms with Crippen molar-refractivity contribution in [1.29, 1.82) is 0 Å². The normalized spacial score (nSPS) is 15.3. The molecule has 6 aromatic rings. The number of Topliss-reactive ketones (excluding diaryl/α,β-unsaturated/α-hetero) is 1. The molecule has 1 N–H and O–H groups in total. The SMILES string of the molecule is Cc1ccccc1COc1ccc(/C(O)=C2\C(=O)C(=O)N(c3nnc(SCc4ccccc4F)s3)C2c2cccc(Oc3ccccc3)c2)cc1. The first-order valence-corrected chi connectivity index (χ1v) is 17.8. The van der Waals surface area contributed by atoms with Crippen LogP contribution in [0.1, 0.15) is 33.9 Å². The summed E-state index contributed by atoms with van der Waals surface area (Å²) in [6, 6.07) is 36.2. The molecular weight excluding hydrogens is 686 g/mol. The number of amides is 1. The van der Waals surface area contributed by atoms with Gasteiger partial charge in [0.1, 0.15) is 35.4 Å². The molecule has 1 aliphatic rings. The molecule has 7 rings (SSSR count). The quantitative estimate of drug-likeness (QED) is 0.0466. The molecule has 0 saturated carbocycles. The van der Waals surface area contributed by atoms with Crippen LogP contribution >= 0.6 is 23.1 Å². The summed E-state index contributed by atoms with van der Waals surface area (Å²) in [6.07, 6.45) is 0. The van der Waals surface area contributed by atoms with Gasteiger partial charge in [0.25, 0.3) is 5.78 Å². The van der Waals surface area contributed by atoms with E-state index in [2.05, 4.69) is 10.2 Å². The maximum absolute atomic E-state index is 14.3. The Kier molecular flexibility index (Phi) is 9.91. The minimum Gasteiger partial charge on any atom is -0.507 e. The molecule has 1 aliphatic heterocycles. The Morgan fingerprint density at radius 1 is 0.824 bits per heavy atom. The van der Waals surface area contributed by atoms with E-state index in [4.69, 9.17) is 9.47 Å². The van der Waals surface area contributed by atoms with Gasteiger partial charge in [-0.25, -0.2) is 4.39 Å². The number of anilines is 1. The van der Waals surface area contributed by atoms with E-state index >= 15 is 0 Å². The van der Waals surface area contributed by atoms with Crippen molar-refractivity contribution < 1.29 is 28.6 Å². The fourth-order valence-electron chi connectivity index (χ4n) is 5.63. The van der Waals surface area contributed by atoms with Crippen LogP contribution in [0.5, 0.6) is 17.2 Å². The lowest BCUT2D eigenvalue weighted by Crippen LogP contribution is -2.29. The number of carbonyl (C=O) groups excluding carboxylic acids is 2. The van der Waals surface area contributed by atoms with Crippen molar-refractivity contribution in [2.75, 3.05) is 4.90 Å². The molecule has 1 fully saturated rings. The molecule has 2 heterocycles. The summed E-state index contributed by atoms with van der Waals surface area (Å²) in [5.74, 6) is -0.465. The van der Waals surface area contributed by atoms with Crippen LogP contribution < -0.4 is 14.4 Å². The van der Waals surface area contributed by atoms with Crippen molar-refractivity contribution in [2.45, 2.75) is 29.7 Å². The van der Waals surface area contributed by atoms with Crippen LogP contribution in [0.2, 0.25) is 0 Å². The minimum atomic E-state index is -1.06. The van der Waals surface area contributed by atoms with Crippen LogP contribution in [0.15, 0.2) is 137 Å². The number of aryl methyl sites for hydroxylation is 1. The topological polar surface area (TPSA) is 102 Å². The zero-order chi connectivity index (χ0) is 35.3. The van der Waals surface area contributed by atoms with Gasteiger partial charge >= 0.3 is 5.91 Å². The number of benzene rings is 5. The van der Waals surface area contributed by atoms with Crippen LogP contribution in [-0.2, 0) is 21.9 Å². The first-order valence-electron chi connectivity index (χ1n) is 16.0. The third kappa shape index (κ3) is 7.40. The van der Waals surface area contributed by atoms with Crippen LogP contribution in [0.25, 0.3) is 5.76 Å². The van der Waals surface area contributed by atoms with Gasteiger partial charge in [-0.2, -0.15) is 0 Å².